The highest BCUT2D eigenvalue weighted by Crippen LogP contribution is 2.38. The van der Waals surface area contributed by atoms with E-state index in [0.717, 1.165) is 0 Å². The SMILES string of the molecule is O=C(NCC1COCCO1)C1(CC2CC(c3cccc(F)c3)=NO2)CCOCC1. The Labute approximate surface area is 169 Å². The van der Waals surface area contributed by atoms with Gasteiger partial charge in [-0.15, -0.1) is 0 Å². The lowest BCUT2D eigenvalue weighted by Gasteiger charge is -2.37. The molecule has 29 heavy (non-hydrogen) atoms. The Kier molecular flexibility index (Phi) is 6.42. The third-order valence-electron chi connectivity index (χ3n) is 5.82. The number of hydrogen-bond donors (Lipinski definition) is 1. The van der Waals surface area contributed by atoms with Crippen LogP contribution in [0.2, 0.25) is 0 Å². The van der Waals surface area contributed by atoms with Crippen LogP contribution in [0.4, 0.5) is 4.39 Å². The first-order valence-electron chi connectivity index (χ1n) is 10.2. The fraction of sp³-hybridized carbons (Fsp3) is 0.619. The molecule has 0 aromatic heterocycles. The highest BCUT2D eigenvalue weighted by atomic mass is 19.1. The van der Waals surface area contributed by atoms with Gasteiger partial charge in [0.25, 0.3) is 0 Å². The quantitative estimate of drug-likeness (QED) is 0.782. The molecule has 1 aromatic rings. The van der Waals surface area contributed by atoms with Gasteiger partial charge in [-0.1, -0.05) is 17.3 Å². The Balaban J connectivity index is 1.37. The standard InChI is InChI=1S/C21H27FN2O5/c22-16-3-1-2-15(10-16)19-11-17(29-24-19)12-21(4-6-26-7-5-21)20(25)23-13-18-14-27-8-9-28-18/h1-3,10,17-18H,4-9,11-14H2,(H,23,25). The number of carbonyl (C=O) groups is 1. The highest BCUT2D eigenvalue weighted by Gasteiger charge is 2.43. The minimum atomic E-state index is -0.564. The molecule has 0 aliphatic carbocycles. The Hall–Kier alpha value is -2.03. The van der Waals surface area contributed by atoms with Crippen molar-refractivity contribution in [1.82, 2.24) is 5.32 Å². The van der Waals surface area contributed by atoms with E-state index in [1.807, 2.05) is 6.07 Å². The summed E-state index contributed by atoms with van der Waals surface area (Å²) < 4.78 is 30.0. The van der Waals surface area contributed by atoms with Crippen LogP contribution < -0.4 is 5.32 Å². The molecule has 3 aliphatic rings. The Bertz CT molecular complexity index is 744. The van der Waals surface area contributed by atoms with E-state index in [-0.39, 0.29) is 23.9 Å². The van der Waals surface area contributed by atoms with E-state index in [2.05, 4.69) is 10.5 Å². The second kappa shape index (κ2) is 9.19. The maximum Gasteiger partial charge on any atom is 0.226 e. The Morgan fingerprint density at radius 1 is 1.17 bits per heavy atom. The molecule has 0 radical (unpaired) electrons. The number of ether oxygens (including phenoxy) is 3. The van der Waals surface area contributed by atoms with E-state index >= 15 is 0 Å². The molecular formula is C21H27FN2O5. The smallest absolute Gasteiger partial charge is 0.226 e. The van der Waals surface area contributed by atoms with Crippen LogP contribution >= 0.6 is 0 Å². The van der Waals surface area contributed by atoms with Crippen LogP contribution in [0, 0.1) is 11.2 Å². The first kappa shape index (κ1) is 20.3. The fourth-order valence-corrected chi connectivity index (χ4v) is 4.15. The van der Waals surface area contributed by atoms with Gasteiger partial charge in [0.1, 0.15) is 11.9 Å². The van der Waals surface area contributed by atoms with Crippen LogP contribution in [0.25, 0.3) is 0 Å². The van der Waals surface area contributed by atoms with Crippen LogP contribution in [-0.2, 0) is 23.8 Å². The summed E-state index contributed by atoms with van der Waals surface area (Å²) in [5.74, 6) is -0.305. The van der Waals surface area contributed by atoms with E-state index in [0.29, 0.717) is 76.5 Å². The third-order valence-corrected chi connectivity index (χ3v) is 5.82. The molecule has 158 valence electrons. The average molecular weight is 406 g/mol. The summed E-state index contributed by atoms with van der Waals surface area (Å²) in [4.78, 5) is 18.8. The number of rotatable bonds is 6. The molecule has 2 saturated heterocycles. The minimum Gasteiger partial charge on any atom is -0.392 e. The molecule has 1 aromatic carbocycles. The number of nitrogens with one attached hydrogen (secondary N) is 1. The summed E-state index contributed by atoms with van der Waals surface area (Å²) in [5.41, 5.74) is 0.864. The van der Waals surface area contributed by atoms with Gasteiger partial charge in [0.05, 0.1) is 37.1 Å². The van der Waals surface area contributed by atoms with Crippen molar-refractivity contribution >= 4 is 11.6 Å². The average Bonchev–Trinajstić information content (AvgIpc) is 3.22. The van der Waals surface area contributed by atoms with E-state index in [4.69, 9.17) is 19.0 Å². The molecule has 2 fully saturated rings. The number of oxime groups is 1. The van der Waals surface area contributed by atoms with Gasteiger partial charge in [0.15, 0.2) is 0 Å². The number of nitrogens with zero attached hydrogens (tertiary/aromatic N) is 1. The zero-order chi connectivity index (χ0) is 20.1. The largest absolute Gasteiger partial charge is 0.392 e. The highest BCUT2D eigenvalue weighted by molar-refractivity contribution is 6.01. The summed E-state index contributed by atoms with van der Waals surface area (Å²) in [5, 5.41) is 7.20. The van der Waals surface area contributed by atoms with Crippen LogP contribution in [0.1, 0.15) is 31.2 Å². The predicted molar refractivity (Wildman–Crippen MR) is 103 cm³/mol. The Morgan fingerprint density at radius 2 is 2.03 bits per heavy atom. The molecule has 4 rings (SSSR count). The molecule has 2 unspecified atom stereocenters. The van der Waals surface area contributed by atoms with Gasteiger partial charge >= 0.3 is 0 Å². The van der Waals surface area contributed by atoms with E-state index in [9.17, 15) is 9.18 Å². The zero-order valence-electron chi connectivity index (χ0n) is 16.4. The van der Waals surface area contributed by atoms with Crippen molar-refractivity contribution in [2.24, 2.45) is 10.6 Å². The van der Waals surface area contributed by atoms with Crippen LogP contribution in [0.15, 0.2) is 29.4 Å². The normalized spacial score (nSPS) is 26.4. The monoisotopic (exact) mass is 406 g/mol. The number of halogens is 1. The van der Waals surface area contributed by atoms with E-state index in [1.165, 1.54) is 12.1 Å². The minimum absolute atomic E-state index is 0.00206. The second-order valence-corrected chi connectivity index (χ2v) is 7.85. The van der Waals surface area contributed by atoms with Crippen LogP contribution in [0.3, 0.4) is 0 Å². The molecule has 0 spiro atoms. The van der Waals surface area contributed by atoms with Crippen LogP contribution in [0.5, 0.6) is 0 Å². The first-order valence-corrected chi connectivity index (χ1v) is 10.2. The summed E-state index contributed by atoms with van der Waals surface area (Å²) in [6, 6.07) is 6.33. The molecule has 1 N–H and O–H groups in total. The number of amides is 1. The van der Waals surface area contributed by atoms with Crippen molar-refractivity contribution in [2.45, 2.75) is 37.9 Å². The predicted octanol–water partition coefficient (Wildman–Crippen LogP) is 2.04. The van der Waals surface area contributed by atoms with E-state index < -0.39 is 5.41 Å². The third kappa shape index (κ3) is 4.94. The van der Waals surface area contributed by atoms with Crippen LogP contribution in [-0.4, -0.2) is 63.4 Å². The molecule has 0 bridgehead atoms. The van der Waals surface area contributed by atoms with Crippen molar-refractivity contribution in [2.75, 3.05) is 39.6 Å². The molecule has 1 amide bonds. The zero-order valence-corrected chi connectivity index (χ0v) is 16.4. The second-order valence-electron chi connectivity index (χ2n) is 7.85. The van der Waals surface area contributed by atoms with Crippen molar-refractivity contribution in [3.05, 3.63) is 35.6 Å². The Morgan fingerprint density at radius 3 is 2.79 bits per heavy atom. The van der Waals surface area contributed by atoms with Gasteiger partial charge in [-0.3, -0.25) is 4.79 Å². The summed E-state index contributed by atoms with van der Waals surface area (Å²) >= 11 is 0. The van der Waals surface area contributed by atoms with Gasteiger partial charge in [-0.2, -0.15) is 0 Å². The lowest BCUT2D eigenvalue weighted by atomic mass is 9.74. The first-order chi connectivity index (χ1) is 14.1. The van der Waals surface area contributed by atoms with E-state index in [1.54, 1.807) is 6.07 Å². The van der Waals surface area contributed by atoms with Gasteiger partial charge in [-0.05, 0) is 25.0 Å². The van der Waals surface area contributed by atoms with Crippen molar-refractivity contribution < 1.29 is 28.2 Å². The molecular weight excluding hydrogens is 379 g/mol. The lowest BCUT2D eigenvalue weighted by molar-refractivity contribution is -0.142. The summed E-state index contributed by atoms with van der Waals surface area (Å²) in [6.07, 6.45) is 2.04. The number of benzene rings is 1. The van der Waals surface area contributed by atoms with Crippen molar-refractivity contribution in [3.63, 3.8) is 0 Å². The number of carbonyl (C=O) groups excluding carboxylic acids is 1. The number of hydrogen-bond acceptors (Lipinski definition) is 6. The topological polar surface area (TPSA) is 78.4 Å². The maximum atomic E-state index is 13.5. The van der Waals surface area contributed by atoms with Gasteiger partial charge in [-0.25, -0.2) is 4.39 Å². The van der Waals surface area contributed by atoms with Gasteiger partial charge in [0, 0.05) is 38.2 Å². The lowest BCUT2D eigenvalue weighted by Crippen LogP contribution is -2.49. The molecule has 2 atom stereocenters. The summed E-state index contributed by atoms with van der Waals surface area (Å²) in [7, 11) is 0. The van der Waals surface area contributed by atoms with Gasteiger partial charge in [0.2, 0.25) is 5.91 Å². The maximum absolute atomic E-state index is 13.5. The molecule has 3 heterocycles. The van der Waals surface area contributed by atoms with Gasteiger partial charge < -0.3 is 24.4 Å². The molecule has 0 saturated carbocycles. The summed E-state index contributed by atoms with van der Waals surface area (Å²) in [6.45, 7) is 3.15. The molecule has 8 heteroatoms. The molecule has 3 aliphatic heterocycles. The van der Waals surface area contributed by atoms with Crippen molar-refractivity contribution in [3.8, 4) is 0 Å². The fourth-order valence-electron chi connectivity index (χ4n) is 4.15. The van der Waals surface area contributed by atoms with Crippen molar-refractivity contribution in [1.29, 1.82) is 0 Å². The molecule has 7 nitrogen and oxygen atoms in total.